The van der Waals surface area contributed by atoms with Gasteiger partial charge in [0.2, 0.25) is 0 Å². The fourth-order valence-corrected chi connectivity index (χ4v) is 3.32. The molecule has 5 heteroatoms. The molecule has 1 heterocycles. The molecule has 0 spiro atoms. The number of halogens is 1. The summed E-state index contributed by atoms with van der Waals surface area (Å²) in [6.07, 6.45) is 0.128. The predicted molar refractivity (Wildman–Crippen MR) is 89.7 cm³/mol. The number of fused-ring (bicyclic) bond motifs is 1. The van der Waals surface area contributed by atoms with E-state index >= 15 is 0 Å². The largest absolute Gasteiger partial charge is 0.480 e. The average Bonchev–Trinajstić information content (AvgIpc) is 2.95. The Bertz CT molecular complexity index is 663. The number of carbonyl (C=O) groups is 1. The fraction of sp³-hybridized carbons (Fsp3) is 0.235. The lowest BCUT2D eigenvalue weighted by atomic mass is 10.1. The Labute approximate surface area is 139 Å². The molecule has 3 nitrogen and oxygen atoms in total. The Morgan fingerprint density at radius 3 is 2.91 bits per heavy atom. The number of benzene rings is 2. The first kappa shape index (κ1) is 15.3. The van der Waals surface area contributed by atoms with Crippen molar-refractivity contribution in [2.45, 2.75) is 17.4 Å². The number of hydrogen-bond donors (Lipinski definition) is 1. The molecule has 114 valence electrons. The molecule has 1 N–H and O–H groups in total. The summed E-state index contributed by atoms with van der Waals surface area (Å²) in [6.45, 7) is 0.620. The summed E-state index contributed by atoms with van der Waals surface area (Å²) in [7, 11) is 0. The van der Waals surface area contributed by atoms with E-state index in [1.54, 1.807) is 17.8 Å². The highest BCUT2D eigenvalue weighted by molar-refractivity contribution is 7.99. The molecule has 0 saturated heterocycles. The zero-order valence-corrected chi connectivity index (χ0v) is 13.5. The summed E-state index contributed by atoms with van der Waals surface area (Å²) < 4.78 is 5.66. The molecule has 0 aliphatic carbocycles. The van der Waals surface area contributed by atoms with Crippen LogP contribution in [0.4, 0.5) is 0 Å². The lowest BCUT2D eigenvalue weighted by molar-refractivity contribution is -0.127. The predicted octanol–water partition coefficient (Wildman–Crippen LogP) is 3.55. The van der Waals surface area contributed by atoms with Crippen LogP contribution in [-0.2, 0) is 11.2 Å². The first-order valence-electron chi connectivity index (χ1n) is 7.13. The van der Waals surface area contributed by atoms with Crippen LogP contribution in [-0.4, -0.2) is 24.3 Å². The number of thioether (sulfide) groups is 1. The second kappa shape index (κ2) is 7.07. The van der Waals surface area contributed by atoms with Crippen molar-refractivity contribution in [1.29, 1.82) is 0 Å². The third-order valence-electron chi connectivity index (χ3n) is 3.40. The molecular formula is C17H16ClNO2S. The van der Waals surface area contributed by atoms with Crippen molar-refractivity contribution in [3.05, 3.63) is 59.1 Å². The topological polar surface area (TPSA) is 38.3 Å². The van der Waals surface area contributed by atoms with E-state index < -0.39 is 6.10 Å². The molecule has 1 aliphatic rings. The average molecular weight is 334 g/mol. The van der Waals surface area contributed by atoms with E-state index in [1.807, 2.05) is 30.3 Å². The Morgan fingerprint density at radius 2 is 2.09 bits per heavy atom. The van der Waals surface area contributed by atoms with Crippen molar-refractivity contribution in [2.24, 2.45) is 0 Å². The molecule has 0 saturated carbocycles. The fourth-order valence-electron chi connectivity index (χ4n) is 2.34. The molecule has 1 amide bonds. The smallest absolute Gasteiger partial charge is 0.261 e. The maximum absolute atomic E-state index is 12.1. The van der Waals surface area contributed by atoms with Crippen LogP contribution >= 0.6 is 23.4 Å². The van der Waals surface area contributed by atoms with E-state index in [0.29, 0.717) is 18.0 Å². The molecule has 1 atom stereocenters. The minimum atomic E-state index is -0.449. The second-order valence-electron chi connectivity index (χ2n) is 5.02. The molecule has 1 aliphatic heterocycles. The van der Waals surface area contributed by atoms with Crippen LogP contribution in [0.15, 0.2) is 53.4 Å². The Hall–Kier alpha value is -1.65. The van der Waals surface area contributed by atoms with Gasteiger partial charge in [-0.3, -0.25) is 4.79 Å². The standard InChI is InChI=1S/C17H16ClNO2S/c18-13-6-7-15-12(10-13)11-16(21-15)17(20)19-8-9-22-14-4-2-1-3-5-14/h1-7,10,16H,8-9,11H2,(H,19,20)/t16-/m1/s1. The van der Waals surface area contributed by atoms with E-state index in [9.17, 15) is 4.79 Å². The lowest BCUT2D eigenvalue weighted by Gasteiger charge is -2.11. The second-order valence-corrected chi connectivity index (χ2v) is 6.62. The number of ether oxygens (including phenoxy) is 1. The van der Waals surface area contributed by atoms with Crippen LogP contribution in [0.3, 0.4) is 0 Å². The van der Waals surface area contributed by atoms with Crippen LogP contribution in [0.25, 0.3) is 0 Å². The van der Waals surface area contributed by atoms with E-state index in [1.165, 1.54) is 4.90 Å². The molecule has 22 heavy (non-hydrogen) atoms. The normalized spacial score (nSPS) is 16.0. The molecule has 0 unspecified atom stereocenters. The zero-order chi connectivity index (χ0) is 15.4. The quantitative estimate of drug-likeness (QED) is 0.671. The molecular weight excluding hydrogens is 318 g/mol. The highest BCUT2D eigenvalue weighted by Crippen LogP contribution is 2.31. The summed E-state index contributed by atoms with van der Waals surface area (Å²) in [5.74, 6) is 1.52. The summed E-state index contributed by atoms with van der Waals surface area (Å²) in [5.41, 5.74) is 0.992. The van der Waals surface area contributed by atoms with Gasteiger partial charge in [0.25, 0.3) is 5.91 Å². The highest BCUT2D eigenvalue weighted by atomic mass is 35.5. The molecule has 0 radical (unpaired) electrons. The van der Waals surface area contributed by atoms with Gasteiger partial charge in [0, 0.05) is 28.6 Å². The van der Waals surface area contributed by atoms with E-state index in [-0.39, 0.29) is 5.91 Å². The minimum Gasteiger partial charge on any atom is -0.480 e. The zero-order valence-electron chi connectivity index (χ0n) is 11.9. The van der Waals surface area contributed by atoms with Gasteiger partial charge in [-0.2, -0.15) is 0 Å². The number of rotatable bonds is 5. The van der Waals surface area contributed by atoms with Gasteiger partial charge in [-0.05, 0) is 35.9 Å². The van der Waals surface area contributed by atoms with E-state index in [4.69, 9.17) is 16.3 Å². The van der Waals surface area contributed by atoms with Crippen molar-refractivity contribution >= 4 is 29.3 Å². The van der Waals surface area contributed by atoms with Gasteiger partial charge in [0.1, 0.15) is 5.75 Å². The van der Waals surface area contributed by atoms with Crippen LogP contribution in [0.1, 0.15) is 5.56 Å². The van der Waals surface area contributed by atoms with Gasteiger partial charge in [0.05, 0.1) is 0 Å². The first-order valence-corrected chi connectivity index (χ1v) is 8.49. The lowest BCUT2D eigenvalue weighted by Crippen LogP contribution is -2.38. The number of carbonyl (C=O) groups excluding carboxylic acids is 1. The maximum atomic E-state index is 12.1. The van der Waals surface area contributed by atoms with Crippen LogP contribution in [0.5, 0.6) is 5.75 Å². The molecule has 2 aromatic rings. The molecule has 2 aromatic carbocycles. The van der Waals surface area contributed by atoms with Crippen LogP contribution in [0, 0.1) is 0 Å². The molecule has 0 fully saturated rings. The summed E-state index contributed by atoms with van der Waals surface area (Å²) in [6, 6.07) is 15.6. The van der Waals surface area contributed by atoms with Gasteiger partial charge in [-0.15, -0.1) is 11.8 Å². The van der Waals surface area contributed by atoms with Crippen LogP contribution < -0.4 is 10.1 Å². The van der Waals surface area contributed by atoms with Gasteiger partial charge in [-0.1, -0.05) is 29.8 Å². The van der Waals surface area contributed by atoms with Gasteiger partial charge >= 0.3 is 0 Å². The van der Waals surface area contributed by atoms with E-state index in [2.05, 4.69) is 17.4 Å². The highest BCUT2D eigenvalue weighted by Gasteiger charge is 2.28. The molecule has 0 bridgehead atoms. The number of hydrogen-bond acceptors (Lipinski definition) is 3. The van der Waals surface area contributed by atoms with Crippen molar-refractivity contribution < 1.29 is 9.53 Å². The Balaban J connectivity index is 1.44. The maximum Gasteiger partial charge on any atom is 0.261 e. The summed E-state index contributed by atoms with van der Waals surface area (Å²) in [4.78, 5) is 13.3. The van der Waals surface area contributed by atoms with Crippen molar-refractivity contribution in [1.82, 2.24) is 5.32 Å². The molecule has 0 aromatic heterocycles. The Kier molecular flexibility index (Phi) is 4.90. The van der Waals surface area contributed by atoms with Gasteiger partial charge < -0.3 is 10.1 Å². The third-order valence-corrected chi connectivity index (χ3v) is 4.65. The van der Waals surface area contributed by atoms with Gasteiger partial charge in [-0.25, -0.2) is 0 Å². The van der Waals surface area contributed by atoms with Crippen molar-refractivity contribution in [3.8, 4) is 5.75 Å². The Morgan fingerprint density at radius 1 is 1.27 bits per heavy atom. The number of amides is 1. The SMILES string of the molecule is O=C(NCCSc1ccccc1)[C@H]1Cc2cc(Cl)ccc2O1. The summed E-state index contributed by atoms with van der Waals surface area (Å²) >= 11 is 7.67. The molecule has 3 rings (SSSR count). The van der Waals surface area contributed by atoms with Crippen molar-refractivity contribution in [2.75, 3.05) is 12.3 Å². The third kappa shape index (κ3) is 3.76. The van der Waals surface area contributed by atoms with Crippen LogP contribution in [0.2, 0.25) is 5.02 Å². The number of nitrogens with one attached hydrogen (secondary N) is 1. The van der Waals surface area contributed by atoms with Gasteiger partial charge in [0.15, 0.2) is 6.10 Å². The minimum absolute atomic E-state index is 0.0685. The summed E-state index contributed by atoms with van der Waals surface area (Å²) in [5, 5.41) is 3.60. The monoisotopic (exact) mass is 333 g/mol. The van der Waals surface area contributed by atoms with Crippen molar-refractivity contribution in [3.63, 3.8) is 0 Å². The first-order chi connectivity index (χ1) is 10.7. The van der Waals surface area contributed by atoms with E-state index in [0.717, 1.165) is 17.1 Å².